The lowest BCUT2D eigenvalue weighted by atomic mass is 10.1. The molecule has 6 rings (SSSR count). The average Bonchev–Trinajstić information content (AvgIpc) is 3.43. The highest BCUT2D eigenvalue weighted by Crippen LogP contribution is 2.29. The summed E-state index contributed by atoms with van der Waals surface area (Å²) in [6.45, 7) is 11.0. The number of anilines is 1. The number of benzene rings is 1. The first-order valence-corrected chi connectivity index (χ1v) is 14.4. The van der Waals surface area contributed by atoms with E-state index in [9.17, 15) is 4.79 Å². The highest BCUT2D eigenvalue weighted by atomic mass is 16.2. The third-order valence-corrected chi connectivity index (χ3v) is 8.11. The molecule has 0 atom stereocenters. The summed E-state index contributed by atoms with van der Waals surface area (Å²) in [5.41, 5.74) is 5.46. The number of piperidine rings is 1. The molecule has 5 heterocycles. The second-order valence-corrected chi connectivity index (χ2v) is 10.7. The van der Waals surface area contributed by atoms with Crippen molar-refractivity contribution >= 4 is 33.5 Å². The van der Waals surface area contributed by atoms with Crippen molar-refractivity contribution in [1.82, 2.24) is 34.6 Å². The third kappa shape index (κ3) is 5.74. The summed E-state index contributed by atoms with van der Waals surface area (Å²) in [6.07, 6.45) is 8.79. The van der Waals surface area contributed by atoms with E-state index in [1.54, 1.807) is 6.20 Å². The molecule has 2 fully saturated rings. The maximum Gasteiger partial charge on any atom is 0.289 e. The Morgan fingerprint density at radius 2 is 1.79 bits per heavy atom. The number of H-pyrrole nitrogens is 1. The normalized spacial score (nSPS) is 17.2. The van der Waals surface area contributed by atoms with Crippen LogP contribution in [0.5, 0.6) is 0 Å². The fourth-order valence-corrected chi connectivity index (χ4v) is 5.76. The number of imidazole rings is 1. The van der Waals surface area contributed by atoms with E-state index in [2.05, 4.69) is 43.1 Å². The largest absolute Gasteiger partial charge is 0.384 e. The molecule has 3 aromatic heterocycles. The summed E-state index contributed by atoms with van der Waals surface area (Å²) < 4.78 is 0. The molecule has 9 nitrogen and oxygen atoms in total. The lowest BCUT2D eigenvalue weighted by Gasteiger charge is -2.33. The van der Waals surface area contributed by atoms with Crippen molar-refractivity contribution in [3.05, 3.63) is 48.5 Å². The maximum atomic E-state index is 13.1. The number of amides is 1. The lowest BCUT2D eigenvalue weighted by Crippen LogP contribution is -2.48. The monoisotopic (exact) mass is 526 g/mol. The Kier molecular flexibility index (Phi) is 7.69. The number of pyridine rings is 2. The van der Waals surface area contributed by atoms with Crippen molar-refractivity contribution < 1.29 is 4.79 Å². The summed E-state index contributed by atoms with van der Waals surface area (Å²) in [5.74, 6) is 0.372. The van der Waals surface area contributed by atoms with E-state index >= 15 is 0 Å². The number of rotatable bonds is 8. The van der Waals surface area contributed by atoms with Gasteiger partial charge >= 0.3 is 0 Å². The van der Waals surface area contributed by atoms with Gasteiger partial charge in [0.1, 0.15) is 0 Å². The molecule has 2 aliphatic heterocycles. The molecular formula is C30H38N8O. The van der Waals surface area contributed by atoms with Crippen molar-refractivity contribution in [2.24, 2.45) is 0 Å². The molecule has 0 unspecified atom stereocenters. The van der Waals surface area contributed by atoms with Gasteiger partial charge in [0.25, 0.3) is 5.91 Å². The molecule has 0 bridgehead atoms. The molecule has 2 saturated heterocycles. The molecule has 39 heavy (non-hydrogen) atoms. The number of nitrogens with zero attached hydrogens (tertiary/aromatic N) is 6. The molecule has 2 N–H and O–H groups in total. The first kappa shape index (κ1) is 25.7. The smallest absolute Gasteiger partial charge is 0.289 e. The number of piperazine rings is 1. The SMILES string of the molecule is CCN1CCN(C(=O)c2nc3ccc(-c4cc(NCCCN5CCCCC5)c5cnccc5n4)cc3[nH]2)CC1. The zero-order chi connectivity index (χ0) is 26.6. The summed E-state index contributed by atoms with van der Waals surface area (Å²) in [7, 11) is 0. The molecule has 0 saturated carbocycles. The van der Waals surface area contributed by atoms with Crippen molar-refractivity contribution in [3.8, 4) is 11.3 Å². The lowest BCUT2D eigenvalue weighted by molar-refractivity contribution is 0.0633. The minimum atomic E-state index is -0.0316. The van der Waals surface area contributed by atoms with Crippen LogP contribution >= 0.6 is 0 Å². The average molecular weight is 527 g/mol. The molecule has 1 aromatic carbocycles. The van der Waals surface area contributed by atoms with Gasteiger partial charge in [0.15, 0.2) is 5.82 Å². The van der Waals surface area contributed by atoms with E-state index < -0.39 is 0 Å². The molecule has 0 spiro atoms. The first-order valence-electron chi connectivity index (χ1n) is 14.4. The van der Waals surface area contributed by atoms with Crippen LogP contribution in [0, 0.1) is 0 Å². The van der Waals surface area contributed by atoms with Gasteiger partial charge in [-0.2, -0.15) is 0 Å². The van der Waals surface area contributed by atoms with Gasteiger partial charge in [0.05, 0.1) is 22.2 Å². The van der Waals surface area contributed by atoms with E-state index in [0.717, 1.165) is 91.1 Å². The molecular weight excluding hydrogens is 488 g/mol. The third-order valence-electron chi connectivity index (χ3n) is 8.11. The van der Waals surface area contributed by atoms with Gasteiger partial charge < -0.3 is 25.0 Å². The number of carbonyl (C=O) groups excluding carboxylic acids is 1. The zero-order valence-electron chi connectivity index (χ0n) is 22.8. The van der Waals surface area contributed by atoms with Crippen molar-refractivity contribution in [3.63, 3.8) is 0 Å². The van der Waals surface area contributed by atoms with Gasteiger partial charge in [-0.1, -0.05) is 19.4 Å². The highest BCUT2D eigenvalue weighted by Gasteiger charge is 2.24. The number of aromatic amines is 1. The molecule has 204 valence electrons. The van der Waals surface area contributed by atoms with Gasteiger partial charge in [-0.15, -0.1) is 0 Å². The molecule has 9 heteroatoms. The Bertz CT molecular complexity index is 1440. The van der Waals surface area contributed by atoms with Crippen molar-refractivity contribution in [1.29, 1.82) is 0 Å². The van der Waals surface area contributed by atoms with Crippen LogP contribution in [0.2, 0.25) is 0 Å². The fourth-order valence-electron chi connectivity index (χ4n) is 5.76. The van der Waals surface area contributed by atoms with Crippen LogP contribution in [0.4, 0.5) is 5.69 Å². The summed E-state index contributed by atoms with van der Waals surface area (Å²) >= 11 is 0. The summed E-state index contributed by atoms with van der Waals surface area (Å²) in [4.78, 5) is 37.1. The Labute approximate surface area is 229 Å². The van der Waals surface area contributed by atoms with E-state index in [-0.39, 0.29) is 5.91 Å². The van der Waals surface area contributed by atoms with E-state index in [1.165, 1.54) is 32.4 Å². The van der Waals surface area contributed by atoms with Crippen LogP contribution in [0.15, 0.2) is 42.7 Å². The molecule has 1 amide bonds. The molecule has 0 radical (unpaired) electrons. The maximum absolute atomic E-state index is 13.1. The minimum Gasteiger partial charge on any atom is -0.384 e. The Hall–Kier alpha value is -3.56. The summed E-state index contributed by atoms with van der Waals surface area (Å²) in [5, 5.41) is 4.68. The minimum absolute atomic E-state index is 0.0316. The van der Waals surface area contributed by atoms with Crippen LogP contribution in [-0.4, -0.2) is 99.4 Å². The molecule has 2 aliphatic rings. The van der Waals surface area contributed by atoms with Crippen LogP contribution in [0.3, 0.4) is 0 Å². The first-order chi connectivity index (χ1) is 19.2. The Morgan fingerprint density at radius 3 is 2.62 bits per heavy atom. The van der Waals surface area contributed by atoms with Gasteiger partial charge in [-0.25, -0.2) is 9.97 Å². The van der Waals surface area contributed by atoms with Gasteiger partial charge in [-0.3, -0.25) is 9.78 Å². The van der Waals surface area contributed by atoms with Crippen LogP contribution in [0.25, 0.3) is 33.2 Å². The number of carbonyl (C=O) groups is 1. The second kappa shape index (κ2) is 11.7. The Balaban J connectivity index is 1.20. The number of aromatic nitrogens is 4. The van der Waals surface area contributed by atoms with Crippen LogP contribution in [-0.2, 0) is 0 Å². The number of hydrogen-bond acceptors (Lipinski definition) is 7. The number of hydrogen-bond donors (Lipinski definition) is 2. The van der Waals surface area contributed by atoms with E-state index in [1.807, 2.05) is 35.4 Å². The number of fused-ring (bicyclic) bond motifs is 2. The molecule has 0 aliphatic carbocycles. The van der Waals surface area contributed by atoms with Gasteiger partial charge in [-0.05, 0) is 69.7 Å². The van der Waals surface area contributed by atoms with Crippen LogP contribution < -0.4 is 5.32 Å². The van der Waals surface area contributed by atoms with Crippen molar-refractivity contribution in [2.45, 2.75) is 32.6 Å². The standard InChI is InChI=1S/C30H38N8O/c1-2-36-15-17-38(18-16-36)30(39)29-34-25-8-7-22(19-28(25)35-29)26-20-27(23-21-31-11-9-24(23)33-26)32-10-6-14-37-12-4-3-5-13-37/h7-9,11,19-21H,2-6,10,12-18H2,1H3,(H,32,33)(H,34,35). The van der Waals surface area contributed by atoms with E-state index in [4.69, 9.17) is 4.98 Å². The predicted octanol–water partition coefficient (Wildman–Crippen LogP) is 4.24. The quantitative estimate of drug-likeness (QED) is 0.332. The van der Waals surface area contributed by atoms with Crippen LogP contribution in [0.1, 0.15) is 43.2 Å². The van der Waals surface area contributed by atoms with E-state index in [0.29, 0.717) is 5.82 Å². The Morgan fingerprint density at radius 1 is 0.949 bits per heavy atom. The van der Waals surface area contributed by atoms with Gasteiger partial charge in [0.2, 0.25) is 0 Å². The number of nitrogens with one attached hydrogen (secondary N) is 2. The van der Waals surface area contributed by atoms with Gasteiger partial charge in [0, 0.05) is 61.8 Å². The topological polar surface area (TPSA) is 93.3 Å². The van der Waals surface area contributed by atoms with Crippen molar-refractivity contribution in [2.75, 3.05) is 64.2 Å². The molecule has 4 aromatic rings. The predicted molar refractivity (Wildman–Crippen MR) is 156 cm³/mol. The fraction of sp³-hybridized carbons (Fsp3) is 0.467. The summed E-state index contributed by atoms with van der Waals surface area (Å²) in [6, 6.07) is 10.1. The number of likely N-dealkylation sites (N-methyl/N-ethyl adjacent to an activating group) is 1. The second-order valence-electron chi connectivity index (χ2n) is 10.7. The number of likely N-dealkylation sites (tertiary alicyclic amines) is 1. The zero-order valence-corrected chi connectivity index (χ0v) is 22.8. The highest BCUT2D eigenvalue weighted by molar-refractivity contribution is 5.96.